The van der Waals surface area contributed by atoms with Gasteiger partial charge in [-0.3, -0.25) is 0 Å². The number of benzene rings is 3. The van der Waals surface area contributed by atoms with Crippen LogP contribution >= 0.6 is 11.6 Å². The Kier molecular flexibility index (Phi) is 4.47. The lowest BCUT2D eigenvalue weighted by Crippen LogP contribution is -2.18. The monoisotopic (exact) mass is 396 g/mol. The van der Waals surface area contributed by atoms with E-state index in [1.54, 1.807) is 54.6 Å². The van der Waals surface area contributed by atoms with Crippen molar-refractivity contribution in [1.82, 2.24) is 15.0 Å². The molecule has 3 aromatic carbocycles. The zero-order valence-corrected chi connectivity index (χ0v) is 15.5. The van der Waals surface area contributed by atoms with Gasteiger partial charge in [0.25, 0.3) is 10.0 Å². The lowest BCUT2D eigenvalue weighted by molar-refractivity contribution is 0.597. The molecule has 0 aliphatic heterocycles. The van der Waals surface area contributed by atoms with Crippen LogP contribution in [0.4, 0.5) is 0 Å². The van der Waals surface area contributed by atoms with Crippen molar-refractivity contribution in [3.8, 4) is 0 Å². The molecule has 0 aliphatic rings. The smallest absolute Gasteiger partial charge is 0.199 e. The topological polar surface area (TPSA) is 77.2 Å². The van der Waals surface area contributed by atoms with Gasteiger partial charge in [-0.25, -0.2) is 0 Å². The molecule has 0 saturated carbocycles. The summed E-state index contributed by atoms with van der Waals surface area (Å²) < 4.78 is 31.2. The first kappa shape index (κ1) is 17.4. The summed E-state index contributed by atoms with van der Waals surface area (Å²) >= 11 is 6.32. The fraction of sp³-hybridized carbons (Fsp3) is 0. The lowest BCUT2D eigenvalue weighted by Gasteiger charge is -2.09. The van der Waals surface area contributed by atoms with Gasteiger partial charge < -0.3 is 0 Å². The molecule has 1 heterocycles. The maximum absolute atomic E-state index is 12.9. The van der Waals surface area contributed by atoms with Crippen molar-refractivity contribution >= 4 is 38.5 Å². The third-order valence-corrected chi connectivity index (χ3v) is 5.53. The molecule has 1 aromatic heterocycles. The third kappa shape index (κ3) is 3.34. The standard InChI is InChI=1S/C19H13ClN4O2S/c20-16-11-5-4-10-15(16)19(22-27(25,26)14-8-2-1-3-9-14)24-18-13-7-6-12-17(18)21-23-24/h1-13H/b22-19+. The Balaban J connectivity index is 1.99. The minimum atomic E-state index is -3.98. The predicted molar refractivity (Wildman–Crippen MR) is 105 cm³/mol. The molecule has 4 rings (SSSR count). The van der Waals surface area contributed by atoms with Crippen molar-refractivity contribution in [3.63, 3.8) is 0 Å². The van der Waals surface area contributed by atoms with E-state index in [1.165, 1.54) is 16.8 Å². The molecular formula is C19H13ClN4O2S. The number of sulfonamides is 1. The molecule has 4 aromatic rings. The number of halogens is 1. The second kappa shape index (κ2) is 6.94. The zero-order valence-electron chi connectivity index (χ0n) is 13.9. The van der Waals surface area contributed by atoms with E-state index in [2.05, 4.69) is 14.7 Å². The molecule has 8 heteroatoms. The van der Waals surface area contributed by atoms with Gasteiger partial charge in [0, 0.05) is 5.56 Å². The van der Waals surface area contributed by atoms with E-state index in [4.69, 9.17) is 11.6 Å². The summed E-state index contributed by atoms with van der Waals surface area (Å²) in [6.07, 6.45) is 0. The summed E-state index contributed by atoms with van der Waals surface area (Å²) in [7, 11) is -3.98. The van der Waals surface area contributed by atoms with Crippen molar-refractivity contribution in [2.45, 2.75) is 4.90 Å². The van der Waals surface area contributed by atoms with Gasteiger partial charge in [0.15, 0.2) is 5.84 Å². The Morgan fingerprint density at radius 1 is 0.889 bits per heavy atom. The first-order chi connectivity index (χ1) is 13.1. The molecule has 0 N–H and O–H groups in total. The molecule has 0 aliphatic carbocycles. The Bertz CT molecular complexity index is 1250. The summed E-state index contributed by atoms with van der Waals surface area (Å²) in [4.78, 5) is 0.0824. The average Bonchev–Trinajstić information content (AvgIpc) is 3.11. The molecule has 134 valence electrons. The van der Waals surface area contributed by atoms with Crippen LogP contribution in [-0.2, 0) is 10.0 Å². The highest BCUT2D eigenvalue weighted by molar-refractivity contribution is 7.90. The van der Waals surface area contributed by atoms with Gasteiger partial charge in [0.05, 0.1) is 15.4 Å². The van der Waals surface area contributed by atoms with Crippen LogP contribution in [0.2, 0.25) is 5.02 Å². The van der Waals surface area contributed by atoms with Gasteiger partial charge in [-0.1, -0.05) is 59.3 Å². The molecule has 0 radical (unpaired) electrons. The summed E-state index contributed by atoms with van der Waals surface area (Å²) in [5.41, 5.74) is 1.68. The summed E-state index contributed by atoms with van der Waals surface area (Å²) in [5.74, 6) is 0.0816. The number of nitrogens with zero attached hydrogens (tertiary/aromatic N) is 4. The van der Waals surface area contributed by atoms with Crippen LogP contribution in [0.5, 0.6) is 0 Å². The van der Waals surface area contributed by atoms with E-state index < -0.39 is 10.0 Å². The largest absolute Gasteiger partial charge is 0.284 e. The van der Waals surface area contributed by atoms with Crippen molar-refractivity contribution in [1.29, 1.82) is 0 Å². The predicted octanol–water partition coefficient (Wildman–Crippen LogP) is 3.77. The summed E-state index contributed by atoms with van der Waals surface area (Å²) in [6.45, 7) is 0. The van der Waals surface area contributed by atoms with E-state index in [9.17, 15) is 8.42 Å². The van der Waals surface area contributed by atoms with E-state index in [-0.39, 0.29) is 10.7 Å². The Morgan fingerprint density at radius 2 is 1.56 bits per heavy atom. The summed E-state index contributed by atoms with van der Waals surface area (Å²) in [5, 5.41) is 8.56. The van der Waals surface area contributed by atoms with Crippen LogP contribution in [0.1, 0.15) is 5.56 Å². The van der Waals surface area contributed by atoms with E-state index in [0.29, 0.717) is 21.6 Å². The van der Waals surface area contributed by atoms with Crippen molar-refractivity contribution in [2.75, 3.05) is 0 Å². The molecule has 0 fully saturated rings. The first-order valence-corrected chi connectivity index (χ1v) is 9.84. The maximum atomic E-state index is 12.9. The molecule has 0 amide bonds. The fourth-order valence-electron chi connectivity index (χ4n) is 2.63. The van der Waals surface area contributed by atoms with E-state index in [1.807, 2.05) is 12.1 Å². The zero-order chi connectivity index (χ0) is 18.9. The molecule has 0 saturated heterocycles. The number of rotatable bonds is 3. The molecule has 27 heavy (non-hydrogen) atoms. The minimum absolute atomic E-state index is 0.0816. The van der Waals surface area contributed by atoms with Crippen molar-refractivity contribution in [2.24, 2.45) is 4.40 Å². The molecule has 6 nitrogen and oxygen atoms in total. The highest BCUT2D eigenvalue weighted by atomic mass is 35.5. The lowest BCUT2D eigenvalue weighted by atomic mass is 10.2. The van der Waals surface area contributed by atoms with Crippen LogP contribution in [0.25, 0.3) is 11.0 Å². The molecule has 0 unspecified atom stereocenters. The molecule has 0 bridgehead atoms. The third-order valence-electron chi connectivity index (χ3n) is 3.91. The SMILES string of the molecule is O=S(=O)(/N=C(\c1ccccc1Cl)n1nnc2ccccc21)c1ccccc1. The fourth-order valence-corrected chi connectivity index (χ4v) is 3.86. The quantitative estimate of drug-likeness (QED) is 0.390. The molecular weight excluding hydrogens is 384 g/mol. The van der Waals surface area contributed by atoms with Crippen LogP contribution in [0.15, 0.2) is 88.2 Å². The second-order valence-electron chi connectivity index (χ2n) is 5.67. The Hall–Kier alpha value is -3.03. The van der Waals surface area contributed by atoms with Crippen LogP contribution in [0, 0.1) is 0 Å². The van der Waals surface area contributed by atoms with Crippen molar-refractivity contribution in [3.05, 3.63) is 89.4 Å². The second-order valence-corrected chi connectivity index (χ2v) is 7.68. The normalized spacial score (nSPS) is 12.4. The molecule has 0 spiro atoms. The van der Waals surface area contributed by atoms with Crippen molar-refractivity contribution < 1.29 is 8.42 Å². The van der Waals surface area contributed by atoms with E-state index in [0.717, 1.165) is 0 Å². The number of hydrogen-bond acceptors (Lipinski definition) is 4. The summed E-state index contributed by atoms with van der Waals surface area (Å²) in [6, 6.07) is 22.1. The number of aromatic nitrogens is 3. The Morgan fingerprint density at radius 3 is 2.33 bits per heavy atom. The van der Waals surface area contributed by atoms with Gasteiger partial charge in [0.2, 0.25) is 0 Å². The highest BCUT2D eigenvalue weighted by Gasteiger charge is 2.20. The van der Waals surface area contributed by atoms with Crippen LogP contribution in [0.3, 0.4) is 0 Å². The van der Waals surface area contributed by atoms with Gasteiger partial charge in [-0.2, -0.15) is 13.1 Å². The number of fused-ring (bicyclic) bond motifs is 1. The number of para-hydroxylation sites is 1. The Labute approximate surface area is 160 Å². The van der Waals surface area contributed by atoms with Gasteiger partial charge in [-0.15, -0.1) is 9.50 Å². The average molecular weight is 397 g/mol. The highest BCUT2D eigenvalue weighted by Crippen LogP contribution is 2.22. The molecule has 0 atom stereocenters. The van der Waals surface area contributed by atoms with Crippen LogP contribution in [-0.4, -0.2) is 29.2 Å². The number of hydrogen-bond donors (Lipinski definition) is 0. The van der Waals surface area contributed by atoms with E-state index >= 15 is 0 Å². The van der Waals surface area contributed by atoms with Gasteiger partial charge in [-0.05, 0) is 36.4 Å². The van der Waals surface area contributed by atoms with Crippen LogP contribution < -0.4 is 0 Å². The van der Waals surface area contributed by atoms with Gasteiger partial charge in [0.1, 0.15) is 5.52 Å². The maximum Gasteiger partial charge on any atom is 0.284 e. The minimum Gasteiger partial charge on any atom is -0.199 e. The van der Waals surface area contributed by atoms with Gasteiger partial charge >= 0.3 is 0 Å². The first-order valence-electron chi connectivity index (χ1n) is 8.02.